The second kappa shape index (κ2) is 7.07. The van der Waals surface area contributed by atoms with Gasteiger partial charge in [-0.05, 0) is 0 Å². The minimum atomic E-state index is -5.08. The molecule has 1 rings (SSSR count). The summed E-state index contributed by atoms with van der Waals surface area (Å²) >= 11 is 0. The van der Waals surface area contributed by atoms with Crippen LogP contribution in [-0.4, -0.2) is 60.9 Å². The molecule has 3 N–H and O–H groups in total. The number of halogens is 3. The quantitative estimate of drug-likeness (QED) is 0.692. The van der Waals surface area contributed by atoms with Crippen LogP contribution in [0.2, 0.25) is 0 Å². The fourth-order valence-corrected chi connectivity index (χ4v) is 0.980. The van der Waals surface area contributed by atoms with E-state index in [1.807, 2.05) is 4.90 Å². The van der Waals surface area contributed by atoms with Gasteiger partial charge in [-0.1, -0.05) is 0 Å². The standard InChI is InChI=1S/C6H12N2O2.C2HF3O2/c7-6(9)5-8-1-3-10-4-2-8;3-2(4,5)1(6)7/h1-5H2,(H2,7,9);(H,6,7). The summed E-state index contributed by atoms with van der Waals surface area (Å²) in [5.74, 6) is -3.02. The van der Waals surface area contributed by atoms with Gasteiger partial charge in [-0.15, -0.1) is 0 Å². The van der Waals surface area contributed by atoms with Crippen molar-refractivity contribution in [3.05, 3.63) is 0 Å². The summed E-state index contributed by atoms with van der Waals surface area (Å²) in [6, 6.07) is 0. The number of morpholine rings is 1. The van der Waals surface area contributed by atoms with Crippen molar-refractivity contribution >= 4 is 11.9 Å². The van der Waals surface area contributed by atoms with Crippen molar-refractivity contribution in [2.24, 2.45) is 5.73 Å². The maximum Gasteiger partial charge on any atom is 0.490 e. The number of nitrogens with zero attached hydrogens (tertiary/aromatic N) is 1. The summed E-state index contributed by atoms with van der Waals surface area (Å²) in [6.45, 7) is 3.44. The lowest BCUT2D eigenvalue weighted by Crippen LogP contribution is -2.41. The van der Waals surface area contributed by atoms with Crippen molar-refractivity contribution in [3.63, 3.8) is 0 Å². The second-order valence-electron chi connectivity index (χ2n) is 3.16. The molecule has 0 aromatic heterocycles. The average molecular weight is 258 g/mol. The molecule has 0 radical (unpaired) electrons. The molecule has 0 aromatic carbocycles. The Labute approximate surface area is 95.1 Å². The van der Waals surface area contributed by atoms with Gasteiger partial charge >= 0.3 is 12.1 Å². The molecule has 100 valence electrons. The lowest BCUT2D eigenvalue weighted by Gasteiger charge is -2.24. The lowest BCUT2D eigenvalue weighted by atomic mass is 10.4. The molecule has 0 aromatic rings. The van der Waals surface area contributed by atoms with Crippen LogP contribution >= 0.6 is 0 Å². The number of carbonyl (C=O) groups excluding carboxylic acids is 1. The maximum absolute atomic E-state index is 10.6. The van der Waals surface area contributed by atoms with Crippen molar-refractivity contribution in [1.82, 2.24) is 4.90 Å². The largest absolute Gasteiger partial charge is 0.490 e. The zero-order valence-corrected chi connectivity index (χ0v) is 8.87. The van der Waals surface area contributed by atoms with Gasteiger partial charge in [0.25, 0.3) is 0 Å². The minimum Gasteiger partial charge on any atom is -0.475 e. The number of amides is 1. The Morgan fingerprint density at radius 2 is 1.71 bits per heavy atom. The van der Waals surface area contributed by atoms with Crippen LogP contribution in [0.25, 0.3) is 0 Å². The Morgan fingerprint density at radius 3 is 2.00 bits per heavy atom. The molecule has 0 aliphatic carbocycles. The summed E-state index contributed by atoms with van der Waals surface area (Å²) < 4.78 is 36.8. The van der Waals surface area contributed by atoms with E-state index in [1.165, 1.54) is 0 Å². The normalized spacial score (nSPS) is 16.9. The van der Waals surface area contributed by atoms with Gasteiger partial charge in [-0.3, -0.25) is 9.69 Å². The molecule has 6 nitrogen and oxygen atoms in total. The average Bonchev–Trinajstić information content (AvgIpc) is 2.17. The van der Waals surface area contributed by atoms with Crippen molar-refractivity contribution in [2.45, 2.75) is 6.18 Å². The van der Waals surface area contributed by atoms with Crippen LogP contribution in [0.15, 0.2) is 0 Å². The molecule has 1 heterocycles. The summed E-state index contributed by atoms with van der Waals surface area (Å²) in [5.41, 5.74) is 5.00. The molecule has 1 amide bonds. The molecular formula is C8H13F3N2O4. The van der Waals surface area contributed by atoms with Crippen LogP contribution in [0.5, 0.6) is 0 Å². The number of carbonyl (C=O) groups is 2. The van der Waals surface area contributed by atoms with E-state index in [1.54, 1.807) is 0 Å². The number of carboxylic acid groups (broad SMARTS) is 1. The van der Waals surface area contributed by atoms with Gasteiger partial charge in [-0.25, -0.2) is 4.79 Å². The SMILES string of the molecule is NC(=O)CN1CCOCC1.O=C(O)C(F)(F)F. The summed E-state index contributed by atoms with van der Waals surface area (Å²) in [5, 5.41) is 7.12. The number of carboxylic acids is 1. The van der Waals surface area contributed by atoms with Crippen molar-refractivity contribution in [3.8, 4) is 0 Å². The van der Waals surface area contributed by atoms with E-state index >= 15 is 0 Å². The van der Waals surface area contributed by atoms with Crippen LogP contribution in [-0.2, 0) is 14.3 Å². The third-order valence-corrected chi connectivity index (χ3v) is 1.73. The number of aliphatic carboxylic acids is 1. The van der Waals surface area contributed by atoms with E-state index in [0.717, 1.165) is 13.1 Å². The Balaban J connectivity index is 0.000000325. The molecule has 0 spiro atoms. The summed E-state index contributed by atoms with van der Waals surface area (Å²) in [4.78, 5) is 21.3. The van der Waals surface area contributed by atoms with Crippen molar-refractivity contribution < 1.29 is 32.6 Å². The molecule has 1 saturated heterocycles. The highest BCUT2D eigenvalue weighted by Gasteiger charge is 2.38. The molecule has 1 aliphatic heterocycles. The van der Waals surface area contributed by atoms with E-state index in [0.29, 0.717) is 19.8 Å². The van der Waals surface area contributed by atoms with Gasteiger partial charge in [0.05, 0.1) is 19.8 Å². The molecule has 0 unspecified atom stereocenters. The lowest BCUT2D eigenvalue weighted by molar-refractivity contribution is -0.192. The zero-order chi connectivity index (χ0) is 13.5. The summed E-state index contributed by atoms with van der Waals surface area (Å²) in [7, 11) is 0. The fourth-order valence-electron chi connectivity index (χ4n) is 0.980. The van der Waals surface area contributed by atoms with Crippen molar-refractivity contribution in [1.29, 1.82) is 0 Å². The topological polar surface area (TPSA) is 92.9 Å². The highest BCUT2D eigenvalue weighted by molar-refractivity contribution is 5.75. The Kier molecular flexibility index (Phi) is 6.51. The van der Waals surface area contributed by atoms with Crippen LogP contribution in [0.4, 0.5) is 13.2 Å². The first kappa shape index (κ1) is 15.7. The number of ether oxygens (including phenoxy) is 1. The van der Waals surface area contributed by atoms with E-state index < -0.39 is 12.1 Å². The summed E-state index contributed by atoms with van der Waals surface area (Å²) in [6.07, 6.45) is -5.08. The first-order valence-corrected chi connectivity index (χ1v) is 4.62. The van der Waals surface area contributed by atoms with E-state index in [-0.39, 0.29) is 5.91 Å². The maximum atomic E-state index is 10.6. The van der Waals surface area contributed by atoms with Crippen LogP contribution in [0.3, 0.4) is 0 Å². The molecule has 1 fully saturated rings. The first-order chi connectivity index (χ1) is 7.73. The molecule has 0 atom stereocenters. The number of nitrogens with two attached hydrogens (primary N) is 1. The molecule has 1 aliphatic rings. The second-order valence-corrected chi connectivity index (χ2v) is 3.16. The number of hydrogen-bond donors (Lipinski definition) is 2. The first-order valence-electron chi connectivity index (χ1n) is 4.62. The van der Waals surface area contributed by atoms with Gasteiger partial charge in [0, 0.05) is 13.1 Å². The predicted molar refractivity (Wildman–Crippen MR) is 50.1 cm³/mol. The molecule has 9 heteroatoms. The molecular weight excluding hydrogens is 245 g/mol. The van der Waals surface area contributed by atoms with E-state index in [2.05, 4.69) is 0 Å². The molecule has 0 saturated carbocycles. The highest BCUT2D eigenvalue weighted by Crippen LogP contribution is 2.13. The van der Waals surface area contributed by atoms with Crippen molar-refractivity contribution in [2.75, 3.05) is 32.8 Å². The number of alkyl halides is 3. The van der Waals surface area contributed by atoms with Crippen LogP contribution in [0.1, 0.15) is 0 Å². The van der Waals surface area contributed by atoms with E-state index in [9.17, 15) is 18.0 Å². The van der Waals surface area contributed by atoms with Gasteiger partial charge in [-0.2, -0.15) is 13.2 Å². The van der Waals surface area contributed by atoms with Gasteiger partial charge in [0.1, 0.15) is 0 Å². The zero-order valence-electron chi connectivity index (χ0n) is 8.87. The minimum absolute atomic E-state index is 0.262. The molecule has 0 bridgehead atoms. The Morgan fingerprint density at radius 1 is 1.29 bits per heavy atom. The third-order valence-electron chi connectivity index (χ3n) is 1.73. The smallest absolute Gasteiger partial charge is 0.475 e. The monoisotopic (exact) mass is 258 g/mol. The van der Waals surface area contributed by atoms with Crippen LogP contribution < -0.4 is 5.73 Å². The van der Waals surface area contributed by atoms with Crippen LogP contribution in [0, 0.1) is 0 Å². The number of rotatable bonds is 2. The van der Waals surface area contributed by atoms with Gasteiger partial charge in [0.2, 0.25) is 5.91 Å². The molecule has 17 heavy (non-hydrogen) atoms. The van der Waals surface area contributed by atoms with E-state index in [4.69, 9.17) is 20.4 Å². The highest BCUT2D eigenvalue weighted by atomic mass is 19.4. The Bertz CT molecular complexity index is 264. The predicted octanol–water partition coefficient (Wildman–Crippen LogP) is -0.563. The number of primary amides is 1. The Hall–Kier alpha value is -1.35. The fraction of sp³-hybridized carbons (Fsp3) is 0.750. The number of hydrogen-bond acceptors (Lipinski definition) is 4. The third kappa shape index (κ3) is 8.46. The van der Waals surface area contributed by atoms with Gasteiger partial charge in [0.15, 0.2) is 0 Å². The van der Waals surface area contributed by atoms with Gasteiger partial charge < -0.3 is 15.6 Å².